The molecule has 0 amide bonds. The molecule has 0 aromatic carbocycles. The Hall–Kier alpha value is -0.826. The topological polar surface area (TPSA) is 103 Å². The van der Waals surface area contributed by atoms with Gasteiger partial charge in [-0.15, -0.1) is 0 Å². The van der Waals surface area contributed by atoms with Gasteiger partial charge in [0.2, 0.25) is 0 Å². The van der Waals surface area contributed by atoms with Gasteiger partial charge in [-0.1, -0.05) is 6.92 Å². The average molecular weight is 475 g/mol. The van der Waals surface area contributed by atoms with E-state index in [0.717, 1.165) is 0 Å². The fourth-order valence-corrected chi connectivity index (χ4v) is 9.26. The predicted octanol–water partition coefficient (Wildman–Crippen LogP) is 4.68. The Morgan fingerprint density at radius 2 is 1.10 bits per heavy atom. The molecule has 0 heterocycles. The minimum Gasteiger partial charge on any atom is -0.374 e. The second kappa shape index (κ2) is 15.9. The van der Waals surface area contributed by atoms with E-state index in [2.05, 4.69) is 12.1 Å². The van der Waals surface area contributed by atoms with Crippen molar-refractivity contribution in [1.82, 2.24) is 0 Å². The molecule has 0 rings (SSSR count). The van der Waals surface area contributed by atoms with Crippen molar-refractivity contribution in [3.8, 4) is 12.1 Å². The number of hydrogen-bond acceptors (Lipinski definition) is 8. The van der Waals surface area contributed by atoms with Crippen molar-refractivity contribution < 1.29 is 26.6 Å². The van der Waals surface area contributed by atoms with E-state index >= 15 is 0 Å². The Labute approximate surface area is 191 Å². The molecule has 0 bridgehead atoms. The second-order valence-electron chi connectivity index (χ2n) is 7.15. The van der Waals surface area contributed by atoms with Gasteiger partial charge in [0.15, 0.2) is 0 Å². The van der Waals surface area contributed by atoms with E-state index < -0.39 is 23.0 Å². The molecule has 31 heavy (non-hydrogen) atoms. The van der Waals surface area contributed by atoms with Gasteiger partial charge in [0, 0.05) is 51.2 Å². The lowest BCUT2D eigenvalue weighted by molar-refractivity contribution is 0.0583. The van der Waals surface area contributed by atoms with Gasteiger partial charge in [0.25, 0.3) is 0 Å². The van der Waals surface area contributed by atoms with Crippen LogP contribution in [0.5, 0.6) is 0 Å². The summed E-state index contributed by atoms with van der Waals surface area (Å²) in [6, 6.07) is 5.09. The van der Waals surface area contributed by atoms with Crippen LogP contribution >= 0.6 is 0 Å². The van der Waals surface area contributed by atoms with Crippen LogP contribution in [0.15, 0.2) is 0 Å². The summed E-state index contributed by atoms with van der Waals surface area (Å²) in [5.74, 6) is 0. The zero-order valence-electron chi connectivity index (χ0n) is 20.5. The van der Waals surface area contributed by atoms with Gasteiger partial charge < -0.3 is 26.6 Å². The molecule has 180 valence electrons. The van der Waals surface area contributed by atoms with Crippen molar-refractivity contribution in [2.75, 3.05) is 39.6 Å². The molecular weight excluding hydrogens is 432 g/mol. The first-order valence-electron chi connectivity index (χ1n) is 11.5. The molecule has 0 aliphatic carbocycles. The summed E-state index contributed by atoms with van der Waals surface area (Å²) in [6.07, 6.45) is 1.30. The largest absolute Gasteiger partial charge is 0.504 e. The van der Waals surface area contributed by atoms with Crippen molar-refractivity contribution in [3.63, 3.8) is 0 Å². The third-order valence-electron chi connectivity index (χ3n) is 4.90. The molecule has 0 saturated carbocycles. The Kier molecular flexibility index (Phi) is 15.5. The lowest BCUT2D eigenvalue weighted by Gasteiger charge is -2.36. The number of nitriles is 2. The summed E-state index contributed by atoms with van der Waals surface area (Å²) < 4.78 is 35.6. The van der Waals surface area contributed by atoms with Gasteiger partial charge in [0.1, 0.15) is 5.41 Å². The molecule has 0 spiro atoms. The van der Waals surface area contributed by atoms with E-state index in [-0.39, 0.29) is 5.54 Å². The van der Waals surface area contributed by atoms with Crippen LogP contribution in [-0.4, -0.2) is 57.3 Å². The third kappa shape index (κ3) is 9.28. The summed E-state index contributed by atoms with van der Waals surface area (Å²) in [5, 5.41) is 19.9. The Morgan fingerprint density at radius 1 is 0.710 bits per heavy atom. The van der Waals surface area contributed by atoms with Crippen LogP contribution in [0.4, 0.5) is 0 Å². The van der Waals surface area contributed by atoms with Gasteiger partial charge in [-0.3, -0.25) is 0 Å². The van der Waals surface area contributed by atoms with Crippen LogP contribution in [0.1, 0.15) is 67.7 Å². The Balaban J connectivity index is 5.50. The lowest BCUT2D eigenvalue weighted by atomic mass is 9.82. The normalized spacial score (nSPS) is 13.6. The van der Waals surface area contributed by atoms with Crippen LogP contribution < -0.4 is 0 Å². The molecule has 0 aliphatic rings. The van der Waals surface area contributed by atoms with Crippen molar-refractivity contribution in [1.29, 1.82) is 10.5 Å². The SMILES string of the molecule is CCO[Si](CCCC(C#N)(C#N)CC(C)[Si](OCC)(OCC)OCC)(OCC)OCC. The van der Waals surface area contributed by atoms with Crippen LogP contribution in [0, 0.1) is 28.1 Å². The average Bonchev–Trinajstić information content (AvgIpc) is 2.74. The van der Waals surface area contributed by atoms with Crippen LogP contribution in [0.25, 0.3) is 0 Å². The minimum atomic E-state index is -3.02. The van der Waals surface area contributed by atoms with Crippen molar-refractivity contribution >= 4 is 17.6 Å². The van der Waals surface area contributed by atoms with Crippen molar-refractivity contribution in [2.24, 2.45) is 5.41 Å². The number of rotatable bonds is 19. The molecule has 0 radical (unpaired) electrons. The fraction of sp³-hybridized carbons (Fsp3) is 0.905. The molecule has 0 N–H and O–H groups in total. The molecule has 1 unspecified atom stereocenters. The van der Waals surface area contributed by atoms with Gasteiger partial charge >= 0.3 is 17.6 Å². The molecule has 0 fully saturated rings. The van der Waals surface area contributed by atoms with Gasteiger partial charge in [-0.05, 0) is 60.8 Å². The summed E-state index contributed by atoms with van der Waals surface area (Å²) in [4.78, 5) is 0. The Morgan fingerprint density at radius 3 is 1.42 bits per heavy atom. The number of nitrogens with zero attached hydrogens (tertiary/aromatic N) is 2. The maximum Gasteiger partial charge on any atom is 0.504 e. The van der Waals surface area contributed by atoms with E-state index in [1.165, 1.54) is 0 Å². The highest BCUT2D eigenvalue weighted by atomic mass is 28.4. The molecule has 8 nitrogen and oxygen atoms in total. The Bertz CT molecular complexity index is 519. The smallest absolute Gasteiger partial charge is 0.374 e. The maximum atomic E-state index is 9.96. The molecule has 0 aromatic heterocycles. The standard InChI is InChI=1S/C21H42N2O6Si2/c1-8-24-30(25-9-2,26-10-3)16-14-15-21(18-22,19-23)17-20(7)31(27-11-4,28-12-5)29-13-6/h20H,8-17H2,1-7H3. The first kappa shape index (κ1) is 30.2. The molecule has 0 saturated heterocycles. The van der Waals surface area contributed by atoms with E-state index in [1.807, 2.05) is 48.5 Å². The van der Waals surface area contributed by atoms with Gasteiger partial charge in [0.05, 0.1) is 12.1 Å². The zero-order chi connectivity index (χ0) is 23.8. The van der Waals surface area contributed by atoms with E-state index in [1.54, 1.807) is 0 Å². The van der Waals surface area contributed by atoms with E-state index in [9.17, 15) is 10.5 Å². The first-order valence-corrected chi connectivity index (χ1v) is 15.2. The first-order chi connectivity index (χ1) is 14.8. The lowest BCUT2D eigenvalue weighted by Crippen LogP contribution is -2.50. The van der Waals surface area contributed by atoms with E-state index in [4.69, 9.17) is 26.6 Å². The molecule has 10 heteroatoms. The molecule has 0 aromatic rings. The summed E-state index contributed by atoms with van der Waals surface area (Å²) in [7, 11) is -5.84. The predicted molar refractivity (Wildman–Crippen MR) is 123 cm³/mol. The van der Waals surface area contributed by atoms with Crippen molar-refractivity contribution in [3.05, 3.63) is 0 Å². The monoisotopic (exact) mass is 474 g/mol. The quantitative estimate of drug-likeness (QED) is 0.249. The molecular formula is C21H42N2O6Si2. The summed E-state index contributed by atoms with van der Waals surface area (Å²) in [6.45, 7) is 16.2. The highest BCUT2D eigenvalue weighted by Crippen LogP contribution is 2.40. The maximum absolute atomic E-state index is 9.96. The highest BCUT2D eigenvalue weighted by Gasteiger charge is 2.50. The van der Waals surface area contributed by atoms with Crippen LogP contribution in [0.3, 0.4) is 0 Å². The molecule has 0 aliphatic heterocycles. The fourth-order valence-electron chi connectivity index (χ4n) is 3.74. The number of hydrogen-bond donors (Lipinski definition) is 0. The summed E-state index contributed by atoms with van der Waals surface area (Å²) in [5.41, 5.74) is -1.37. The van der Waals surface area contributed by atoms with Crippen LogP contribution in [0.2, 0.25) is 11.6 Å². The van der Waals surface area contributed by atoms with Crippen molar-refractivity contribution in [2.45, 2.75) is 79.3 Å². The van der Waals surface area contributed by atoms with E-state index in [0.29, 0.717) is 64.9 Å². The van der Waals surface area contributed by atoms with Crippen LogP contribution in [-0.2, 0) is 26.6 Å². The molecule has 1 atom stereocenters. The summed E-state index contributed by atoms with van der Waals surface area (Å²) >= 11 is 0. The van der Waals surface area contributed by atoms with Gasteiger partial charge in [-0.2, -0.15) is 10.5 Å². The highest BCUT2D eigenvalue weighted by molar-refractivity contribution is 6.62. The zero-order valence-corrected chi connectivity index (χ0v) is 22.5. The third-order valence-corrected chi connectivity index (χ3v) is 11.5. The second-order valence-corrected chi connectivity index (χ2v) is 12.9. The minimum absolute atomic E-state index is 0.195. The van der Waals surface area contributed by atoms with Gasteiger partial charge in [-0.25, -0.2) is 0 Å².